The van der Waals surface area contributed by atoms with Crippen molar-refractivity contribution < 1.29 is 14.1 Å². The number of nitrogens with zero attached hydrogens (tertiary/aromatic N) is 1. The fourth-order valence-electron chi connectivity index (χ4n) is 3.31. The summed E-state index contributed by atoms with van der Waals surface area (Å²) in [5.74, 6) is -1.14. The fourth-order valence-corrected chi connectivity index (χ4v) is 5.21. The van der Waals surface area contributed by atoms with Gasteiger partial charge in [-0.05, 0) is 48.6 Å². The Labute approximate surface area is 209 Å². The van der Waals surface area contributed by atoms with Gasteiger partial charge in [-0.15, -0.1) is 11.3 Å². The lowest BCUT2D eigenvalue weighted by Crippen LogP contribution is -2.25. The molecule has 176 valence electrons. The standard InChI is InChI=1S/C23H25Cl2N3O3S2/c1-13(2)9-20-21(15-5-8-18(24)19(25)11-15)28-23(32-20)27-12-16(22(29)30)10-14-3-6-17(7-4-14)33(26)31/h3-8,11,13,16H,9-10,12,26H2,1-2H3,(H,27,28)(H,29,30). The van der Waals surface area contributed by atoms with Crippen LogP contribution in [0.25, 0.3) is 11.3 Å². The van der Waals surface area contributed by atoms with Crippen molar-refractivity contribution in [3.05, 3.63) is 63.0 Å². The van der Waals surface area contributed by atoms with Gasteiger partial charge in [0.2, 0.25) is 0 Å². The molecule has 0 aliphatic carbocycles. The number of benzene rings is 2. The van der Waals surface area contributed by atoms with E-state index in [1.54, 1.807) is 36.4 Å². The van der Waals surface area contributed by atoms with Crippen molar-refractivity contribution in [2.75, 3.05) is 11.9 Å². The first-order valence-electron chi connectivity index (χ1n) is 10.3. The van der Waals surface area contributed by atoms with Crippen LogP contribution in [0, 0.1) is 11.8 Å². The molecule has 10 heteroatoms. The van der Waals surface area contributed by atoms with Gasteiger partial charge in [0, 0.05) is 17.0 Å². The van der Waals surface area contributed by atoms with Crippen LogP contribution < -0.4 is 10.5 Å². The third kappa shape index (κ3) is 7.01. The number of carboxylic acids is 1. The highest BCUT2D eigenvalue weighted by atomic mass is 35.5. The second-order valence-corrected chi connectivity index (χ2v) is 11.0. The molecule has 0 radical (unpaired) electrons. The van der Waals surface area contributed by atoms with Crippen molar-refractivity contribution in [1.82, 2.24) is 4.98 Å². The quantitative estimate of drug-likeness (QED) is 0.317. The number of aliphatic carboxylic acids is 1. The maximum absolute atomic E-state index is 11.9. The van der Waals surface area contributed by atoms with E-state index in [0.717, 1.165) is 28.1 Å². The monoisotopic (exact) mass is 525 g/mol. The number of nitrogens with one attached hydrogen (secondary N) is 1. The minimum absolute atomic E-state index is 0.218. The van der Waals surface area contributed by atoms with Gasteiger partial charge < -0.3 is 10.4 Å². The number of aromatic nitrogens is 1. The highest BCUT2D eigenvalue weighted by Crippen LogP contribution is 2.35. The summed E-state index contributed by atoms with van der Waals surface area (Å²) in [6, 6.07) is 12.2. The van der Waals surface area contributed by atoms with Gasteiger partial charge in [0.25, 0.3) is 0 Å². The summed E-state index contributed by atoms with van der Waals surface area (Å²) >= 11 is 13.8. The maximum atomic E-state index is 11.9. The predicted octanol–water partition coefficient (Wildman–Crippen LogP) is 5.65. The van der Waals surface area contributed by atoms with Crippen molar-refractivity contribution >= 4 is 56.6 Å². The van der Waals surface area contributed by atoms with Crippen LogP contribution in [0.1, 0.15) is 24.3 Å². The molecule has 33 heavy (non-hydrogen) atoms. The largest absolute Gasteiger partial charge is 0.481 e. The fraction of sp³-hybridized carbons (Fsp3) is 0.304. The number of hydrogen-bond donors (Lipinski definition) is 3. The zero-order valence-electron chi connectivity index (χ0n) is 18.2. The summed E-state index contributed by atoms with van der Waals surface area (Å²) in [4.78, 5) is 18.2. The number of hydrogen-bond acceptors (Lipinski definition) is 5. The van der Waals surface area contributed by atoms with E-state index < -0.39 is 22.9 Å². The lowest BCUT2D eigenvalue weighted by atomic mass is 9.99. The van der Waals surface area contributed by atoms with Gasteiger partial charge in [-0.2, -0.15) is 0 Å². The Bertz CT molecular complexity index is 1150. The van der Waals surface area contributed by atoms with Gasteiger partial charge in [0.15, 0.2) is 5.13 Å². The van der Waals surface area contributed by atoms with E-state index in [1.165, 1.54) is 11.3 Å². The molecule has 3 aromatic rings. The average molecular weight is 527 g/mol. The summed E-state index contributed by atoms with van der Waals surface area (Å²) < 4.78 is 11.3. The summed E-state index contributed by atoms with van der Waals surface area (Å²) in [5, 5.41) is 19.9. The third-order valence-corrected chi connectivity index (χ3v) is 7.48. The van der Waals surface area contributed by atoms with Crippen molar-refractivity contribution in [3.8, 4) is 11.3 Å². The molecular weight excluding hydrogens is 501 g/mol. The average Bonchev–Trinajstić information content (AvgIpc) is 3.15. The Kier molecular flexibility index (Phi) is 8.89. The number of anilines is 1. The van der Waals surface area contributed by atoms with Crippen LogP contribution in [-0.2, 0) is 28.6 Å². The van der Waals surface area contributed by atoms with Gasteiger partial charge in [-0.3, -0.25) is 4.79 Å². The first-order chi connectivity index (χ1) is 15.6. The molecule has 0 amide bonds. The minimum atomic E-state index is -1.56. The normalized spacial score (nSPS) is 13.2. The lowest BCUT2D eigenvalue weighted by Gasteiger charge is -2.13. The van der Waals surface area contributed by atoms with E-state index in [-0.39, 0.29) is 6.54 Å². The zero-order valence-corrected chi connectivity index (χ0v) is 21.3. The molecule has 0 aliphatic heterocycles. The first-order valence-corrected chi connectivity index (χ1v) is 13.1. The van der Waals surface area contributed by atoms with E-state index in [2.05, 4.69) is 19.2 Å². The molecule has 1 heterocycles. The van der Waals surface area contributed by atoms with Gasteiger partial charge in [-0.1, -0.05) is 55.2 Å². The second kappa shape index (κ2) is 11.4. The number of halogens is 2. The predicted molar refractivity (Wildman–Crippen MR) is 136 cm³/mol. The SMILES string of the molecule is CC(C)Cc1sc(NCC(Cc2ccc(S(N)=O)cc2)C(=O)O)nc1-c1ccc(Cl)c(Cl)c1. The van der Waals surface area contributed by atoms with Gasteiger partial charge in [0.1, 0.15) is 11.0 Å². The summed E-state index contributed by atoms with van der Waals surface area (Å²) in [6.45, 7) is 4.49. The molecule has 0 spiro atoms. The van der Waals surface area contributed by atoms with Crippen molar-refractivity contribution in [2.45, 2.75) is 31.6 Å². The lowest BCUT2D eigenvalue weighted by molar-refractivity contribution is -0.141. The van der Waals surface area contributed by atoms with Crippen LogP contribution in [0.15, 0.2) is 47.4 Å². The molecule has 2 unspecified atom stereocenters. The van der Waals surface area contributed by atoms with Crippen molar-refractivity contribution in [3.63, 3.8) is 0 Å². The molecule has 0 saturated heterocycles. The summed E-state index contributed by atoms with van der Waals surface area (Å²) in [5.41, 5.74) is 2.53. The van der Waals surface area contributed by atoms with E-state index >= 15 is 0 Å². The van der Waals surface area contributed by atoms with Crippen LogP contribution in [0.4, 0.5) is 5.13 Å². The van der Waals surface area contributed by atoms with E-state index in [0.29, 0.717) is 32.4 Å². The van der Waals surface area contributed by atoms with E-state index in [4.69, 9.17) is 33.3 Å². The van der Waals surface area contributed by atoms with Gasteiger partial charge in [0.05, 0.1) is 26.6 Å². The van der Waals surface area contributed by atoms with E-state index in [9.17, 15) is 14.1 Å². The summed E-state index contributed by atoms with van der Waals surface area (Å²) in [6.07, 6.45) is 1.16. The molecular formula is C23H25Cl2N3O3S2. The number of rotatable bonds is 10. The maximum Gasteiger partial charge on any atom is 0.308 e. The summed E-state index contributed by atoms with van der Waals surface area (Å²) in [7, 11) is -1.56. The van der Waals surface area contributed by atoms with Crippen LogP contribution in [0.2, 0.25) is 10.0 Å². The van der Waals surface area contributed by atoms with E-state index in [1.807, 2.05) is 6.07 Å². The Hall–Kier alpha value is -1.97. The molecule has 0 bridgehead atoms. The minimum Gasteiger partial charge on any atom is -0.481 e. The van der Waals surface area contributed by atoms with Gasteiger partial charge >= 0.3 is 5.97 Å². The highest BCUT2D eigenvalue weighted by Gasteiger charge is 2.20. The third-order valence-electron chi connectivity index (χ3n) is 4.97. The number of nitrogens with two attached hydrogens (primary N) is 1. The van der Waals surface area contributed by atoms with Crippen LogP contribution >= 0.6 is 34.5 Å². The van der Waals surface area contributed by atoms with Crippen molar-refractivity contribution in [2.24, 2.45) is 17.0 Å². The second-order valence-electron chi connectivity index (χ2n) is 8.08. The molecule has 6 nitrogen and oxygen atoms in total. The van der Waals surface area contributed by atoms with Crippen LogP contribution in [-0.4, -0.2) is 26.8 Å². The number of carboxylic acid groups (broad SMARTS) is 1. The molecule has 2 aromatic carbocycles. The molecule has 1 aromatic heterocycles. The topological polar surface area (TPSA) is 105 Å². The molecule has 0 aliphatic rings. The number of carbonyl (C=O) groups is 1. The van der Waals surface area contributed by atoms with Gasteiger partial charge in [-0.25, -0.2) is 14.3 Å². The van der Waals surface area contributed by atoms with Crippen LogP contribution in [0.3, 0.4) is 0 Å². The Morgan fingerprint density at radius 2 is 1.85 bits per heavy atom. The zero-order chi connectivity index (χ0) is 24.1. The Morgan fingerprint density at radius 1 is 1.15 bits per heavy atom. The first kappa shape index (κ1) is 25.6. The molecule has 2 atom stereocenters. The molecule has 0 fully saturated rings. The smallest absolute Gasteiger partial charge is 0.308 e. The molecule has 3 rings (SSSR count). The molecule has 0 saturated carbocycles. The van der Waals surface area contributed by atoms with Crippen molar-refractivity contribution in [1.29, 1.82) is 0 Å². The number of thiazole rings is 1. The van der Waals surface area contributed by atoms with Crippen LogP contribution in [0.5, 0.6) is 0 Å². The Balaban J connectivity index is 1.77. The Morgan fingerprint density at radius 3 is 2.42 bits per heavy atom. The highest BCUT2D eigenvalue weighted by molar-refractivity contribution is 7.82. The molecule has 4 N–H and O–H groups in total.